The minimum absolute atomic E-state index is 0.111. The fraction of sp³-hybridized carbons (Fsp3) is 0. The Bertz CT molecular complexity index is 409. The summed E-state index contributed by atoms with van der Waals surface area (Å²) >= 11 is 5.77. The molecule has 3 heteroatoms. The molecule has 0 aliphatic carbocycles. The summed E-state index contributed by atoms with van der Waals surface area (Å²) in [7, 11) is 0. The number of rotatable bonds is 1. The molecule has 0 saturated heterocycles. The Morgan fingerprint density at radius 2 is 1.77 bits per heavy atom. The molecule has 2 aromatic rings. The Kier molecular flexibility index (Phi) is 1.99. The van der Waals surface area contributed by atoms with E-state index in [-0.39, 0.29) is 5.75 Å². The van der Waals surface area contributed by atoms with Gasteiger partial charge in [0.2, 0.25) is 0 Å². The van der Waals surface area contributed by atoms with Crippen LogP contribution in [-0.4, -0.2) is 9.67 Å². The van der Waals surface area contributed by atoms with Gasteiger partial charge < -0.3 is 9.67 Å². The van der Waals surface area contributed by atoms with Gasteiger partial charge in [0.05, 0.1) is 10.7 Å². The summed E-state index contributed by atoms with van der Waals surface area (Å²) in [5.41, 5.74) is 0.692. The lowest BCUT2D eigenvalue weighted by Crippen LogP contribution is -1.89. The SMILES string of the molecule is Oc1c(Cl)cccc1-n1cccc1. The van der Waals surface area contributed by atoms with E-state index < -0.39 is 0 Å². The van der Waals surface area contributed by atoms with Gasteiger partial charge in [0.15, 0.2) is 5.75 Å². The summed E-state index contributed by atoms with van der Waals surface area (Å²) in [6.07, 6.45) is 3.71. The van der Waals surface area contributed by atoms with E-state index in [0.717, 1.165) is 0 Å². The van der Waals surface area contributed by atoms with E-state index in [0.29, 0.717) is 10.7 Å². The van der Waals surface area contributed by atoms with Crippen LogP contribution in [0.2, 0.25) is 5.02 Å². The number of hydrogen-bond donors (Lipinski definition) is 1. The second-order valence-electron chi connectivity index (χ2n) is 2.70. The van der Waals surface area contributed by atoms with Crippen molar-refractivity contribution in [3.05, 3.63) is 47.7 Å². The molecule has 0 spiro atoms. The second kappa shape index (κ2) is 3.15. The molecule has 0 radical (unpaired) electrons. The van der Waals surface area contributed by atoms with Crippen molar-refractivity contribution in [1.29, 1.82) is 0 Å². The van der Waals surface area contributed by atoms with E-state index in [1.807, 2.05) is 24.5 Å². The maximum Gasteiger partial charge on any atom is 0.158 e. The van der Waals surface area contributed by atoms with Crippen molar-refractivity contribution >= 4 is 11.6 Å². The summed E-state index contributed by atoms with van der Waals surface area (Å²) < 4.78 is 1.81. The second-order valence-corrected chi connectivity index (χ2v) is 3.11. The van der Waals surface area contributed by atoms with Crippen LogP contribution in [0.25, 0.3) is 5.69 Å². The zero-order chi connectivity index (χ0) is 9.26. The molecule has 2 rings (SSSR count). The number of nitrogens with zero attached hydrogens (tertiary/aromatic N) is 1. The highest BCUT2D eigenvalue weighted by molar-refractivity contribution is 6.32. The molecule has 2 nitrogen and oxygen atoms in total. The van der Waals surface area contributed by atoms with Crippen molar-refractivity contribution in [1.82, 2.24) is 4.57 Å². The first-order valence-electron chi connectivity index (χ1n) is 3.90. The molecule has 0 bridgehead atoms. The lowest BCUT2D eigenvalue weighted by Gasteiger charge is -2.06. The van der Waals surface area contributed by atoms with Crippen LogP contribution >= 0.6 is 11.6 Å². The van der Waals surface area contributed by atoms with Gasteiger partial charge in [0.1, 0.15) is 0 Å². The topological polar surface area (TPSA) is 25.2 Å². The maximum absolute atomic E-state index is 9.62. The largest absolute Gasteiger partial charge is 0.504 e. The Hall–Kier alpha value is -1.41. The molecule has 0 aliphatic rings. The van der Waals surface area contributed by atoms with Crippen molar-refractivity contribution in [2.75, 3.05) is 0 Å². The first-order valence-corrected chi connectivity index (χ1v) is 4.27. The molecule has 0 aliphatic heterocycles. The van der Waals surface area contributed by atoms with E-state index in [2.05, 4.69) is 0 Å². The Morgan fingerprint density at radius 1 is 1.08 bits per heavy atom. The van der Waals surface area contributed by atoms with Crippen LogP contribution in [0.4, 0.5) is 0 Å². The highest BCUT2D eigenvalue weighted by atomic mass is 35.5. The standard InChI is InChI=1S/C10H8ClNO/c11-8-4-3-5-9(10(8)13)12-6-1-2-7-12/h1-7,13H. The van der Waals surface area contributed by atoms with Crippen molar-refractivity contribution in [3.63, 3.8) is 0 Å². The molecular formula is C10H8ClNO. The average molecular weight is 194 g/mol. The monoisotopic (exact) mass is 193 g/mol. The van der Waals surface area contributed by atoms with Crippen molar-refractivity contribution in [3.8, 4) is 11.4 Å². The predicted molar refractivity (Wildman–Crippen MR) is 52.4 cm³/mol. The lowest BCUT2D eigenvalue weighted by atomic mass is 10.3. The number of aromatic nitrogens is 1. The molecule has 0 unspecified atom stereocenters. The first kappa shape index (κ1) is 8.20. The van der Waals surface area contributed by atoms with Crippen LogP contribution in [0.1, 0.15) is 0 Å². The van der Waals surface area contributed by atoms with Gasteiger partial charge in [-0.1, -0.05) is 17.7 Å². The molecule has 0 saturated carbocycles. The minimum Gasteiger partial charge on any atom is -0.504 e. The summed E-state index contributed by atoms with van der Waals surface area (Å²) in [5, 5.41) is 9.98. The van der Waals surface area contributed by atoms with Crippen LogP contribution in [0.5, 0.6) is 5.75 Å². The van der Waals surface area contributed by atoms with Crippen LogP contribution in [0, 0.1) is 0 Å². The Labute approximate surface area is 81.0 Å². The van der Waals surface area contributed by atoms with Gasteiger partial charge in [-0.2, -0.15) is 0 Å². The van der Waals surface area contributed by atoms with Crippen LogP contribution < -0.4 is 0 Å². The molecule has 0 fully saturated rings. The van der Waals surface area contributed by atoms with Gasteiger partial charge >= 0.3 is 0 Å². The van der Waals surface area contributed by atoms with Crippen molar-refractivity contribution < 1.29 is 5.11 Å². The molecule has 0 amide bonds. The quantitative estimate of drug-likeness (QED) is 0.740. The fourth-order valence-corrected chi connectivity index (χ4v) is 1.38. The highest BCUT2D eigenvalue weighted by Crippen LogP contribution is 2.29. The number of hydrogen-bond acceptors (Lipinski definition) is 1. The third kappa shape index (κ3) is 1.40. The summed E-state index contributed by atoms with van der Waals surface area (Å²) in [5.74, 6) is 0.111. The van der Waals surface area contributed by atoms with Crippen molar-refractivity contribution in [2.45, 2.75) is 0 Å². The number of halogens is 1. The van der Waals surface area contributed by atoms with Gasteiger partial charge in [-0.15, -0.1) is 0 Å². The van der Waals surface area contributed by atoms with E-state index >= 15 is 0 Å². The minimum atomic E-state index is 0.111. The number of phenols is 1. The summed E-state index contributed by atoms with van der Waals surface area (Å²) in [6.45, 7) is 0. The smallest absolute Gasteiger partial charge is 0.158 e. The first-order chi connectivity index (χ1) is 6.29. The summed E-state index contributed by atoms with van der Waals surface area (Å²) in [4.78, 5) is 0. The van der Waals surface area contributed by atoms with E-state index in [9.17, 15) is 5.11 Å². The Balaban J connectivity index is 2.59. The zero-order valence-corrected chi connectivity index (χ0v) is 7.57. The highest BCUT2D eigenvalue weighted by Gasteiger charge is 2.04. The third-order valence-electron chi connectivity index (χ3n) is 1.85. The molecule has 1 heterocycles. The molecular weight excluding hydrogens is 186 g/mol. The predicted octanol–water partition coefficient (Wildman–Crippen LogP) is 2.84. The van der Waals surface area contributed by atoms with E-state index in [4.69, 9.17) is 11.6 Å². The zero-order valence-electron chi connectivity index (χ0n) is 6.81. The normalized spacial score (nSPS) is 10.2. The molecule has 1 N–H and O–H groups in total. The maximum atomic E-state index is 9.62. The lowest BCUT2D eigenvalue weighted by molar-refractivity contribution is 0.472. The van der Waals surface area contributed by atoms with Gasteiger partial charge in [-0.05, 0) is 24.3 Å². The molecule has 0 atom stereocenters. The number of phenolic OH excluding ortho intramolecular Hbond substituents is 1. The van der Waals surface area contributed by atoms with Gasteiger partial charge in [0, 0.05) is 12.4 Å². The van der Waals surface area contributed by atoms with Gasteiger partial charge in [0.25, 0.3) is 0 Å². The third-order valence-corrected chi connectivity index (χ3v) is 2.15. The Morgan fingerprint density at radius 3 is 2.46 bits per heavy atom. The molecule has 1 aromatic heterocycles. The van der Waals surface area contributed by atoms with Crippen LogP contribution in [-0.2, 0) is 0 Å². The van der Waals surface area contributed by atoms with Gasteiger partial charge in [-0.25, -0.2) is 0 Å². The van der Waals surface area contributed by atoms with Crippen molar-refractivity contribution in [2.24, 2.45) is 0 Å². The summed E-state index contributed by atoms with van der Waals surface area (Å²) in [6, 6.07) is 9.04. The van der Waals surface area contributed by atoms with Crippen LogP contribution in [0.3, 0.4) is 0 Å². The van der Waals surface area contributed by atoms with E-state index in [1.54, 1.807) is 22.8 Å². The van der Waals surface area contributed by atoms with Crippen LogP contribution in [0.15, 0.2) is 42.7 Å². The van der Waals surface area contributed by atoms with E-state index in [1.165, 1.54) is 0 Å². The number of para-hydroxylation sites is 1. The molecule has 1 aromatic carbocycles. The molecule has 13 heavy (non-hydrogen) atoms. The number of aromatic hydroxyl groups is 1. The average Bonchev–Trinajstić information content (AvgIpc) is 2.62. The fourth-order valence-electron chi connectivity index (χ4n) is 1.21. The number of benzene rings is 1. The van der Waals surface area contributed by atoms with Gasteiger partial charge in [-0.3, -0.25) is 0 Å². The molecule has 66 valence electrons.